The molecule has 0 bridgehead atoms. The number of anilines is 1. The first kappa shape index (κ1) is 23.1. The third kappa shape index (κ3) is 7.67. The average Bonchev–Trinajstić information content (AvgIpc) is 2.63. The SMILES string of the molecule is CCOc1ccc(OCC)c(NC(N)=NCCOc2ncccc2Cl)c1.I. The lowest BCUT2D eigenvalue weighted by Crippen LogP contribution is -2.24. The largest absolute Gasteiger partial charge is 0.494 e. The number of hydrogen-bond donors (Lipinski definition) is 2. The molecule has 0 saturated carbocycles. The quantitative estimate of drug-likeness (QED) is 0.232. The molecule has 27 heavy (non-hydrogen) atoms. The molecule has 0 atom stereocenters. The van der Waals surface area contributed by atoms with Gasteiger partial charge in [0.05, 0.1) is 25.4 Å². The molecule has 0 radical (unpaired) electrons. The van der Waals surface area contributed by atoms with Gasteiger partial charge in [-0.05, 0) is 38.1 Å². The van der Waals surface area contributed by atoms with E-state index in [1.54, 1.807) is 18.3 Å². The van der Waals surface area contributed by atoms with Crippen LogP contribution >= 0.6 is 35.6 Å². The van der Waals surface area contributed by atoms with Crippen molar-refractivity contribution < 1.29 is 14.2 Å². The molecule has 9 heteroatoms. The van der Waals surface area contributed by atoms with E-state index in [4.69, 9.17) is 31.5 Å². The minimum Gasteiger partial charge on any atom is -0.494 e. The van der Waals surface area contributed by atoms with Crippen molar-refractivity contribution >= 4 is 47.2 Å². The summed E-state index contributed by atoms with van der Waals surface area (Å²) in [5, 5.41) is 3.48. The minimum atomic E-state index is 0. The highest BCUT2D eigenvalue weighted by molar-refractivity contribution is 14.0. The maximum atomic E-state index is 5.97. The number of rotatable bonds is 9. The number of benzene rings is 1. The first-order valence-electron chi connectivity index (χ1n) is 8.34. The monoisotopic (exact) mass is 506 g/mol. The molecule has 0 unspecified atom stereocenters. The maximum Gasteiger partial charge on any atom is 0.232 e. The molecule has 0 saturated heterocycles. The van der Waals surface area contributed by atoms with Crippen LogP contribution in [0.1, 0.15) is 13.8 Å². The van der Waals surface area contributed by atoms with Crippen molar-refractivity contribution in [3.05, 3.63) is 41.6 Å². The normalized spacial score (nSPS) is 10.7. The molecular formula is C18H24ClIN4O3. The first-order valence-corrected chi connectivity index (χ1v) is 8.71. The van der Waals surface area contributed by atoms with Gasteiger partial charge in [-0.15, -0.1) is 24.0 Å². The fraction of sp³-hybridized carbons (Fsp3) is 0.333. The number of guanidine groups is 1. The van der Waals surface area contributed by atoms with Gasteiger partial charge in [0.2, 0.25) is 5.88 Å². The molecule has 1 heterocycles. The van der Waals surface area contributed by atoms with Crippen molar-refractivity contribution in [1.29, 1.82) is 0 Å². The number of aliphatic imine (C=N–C) groups is 1. The summed E-state index contributed by atoms with van der Waals surface area (Å²) in [6, 6.07) is 8.94. The van der Waals surface area contributed by atoms with Crippen LogP contribution in [0.4, 0.5) is 5.69 Å². The second-order valence-corrected chi connectivity index (χ2v) is 5.46. The Bertz CT molecular complexity index is 746. The van der Waals surface area contributed by atoms with Gasteiger partial charge in [-0.1, -0.05) is 11.6 Å². The van der Waals surface area contributed by atoms with E-state index in [1.807, 2.05) is 32.0 Å². The van der Waals surface area contributed by atoms with Gasteiger partial charge in [-0.25, -0.2) is 9.98 Å². The number of nitrogens with two attached hydrogens (primary N) is 1. The van der Waals surface area contributed by atoms with Crippen molar-refractivity contribution in [2.45, 2.75) is 13.8 Å². The second-order valence-electron chi connectivity index (χ2n) is 5.05. The summed E-state index contributed by atoms with van der Waals surface area (Å²) in [5.41, 5.74) is 6.64. The van der Waals surface area contributed by atoms with Gasteiger partial charge in [-0.2, -0.15) is 0 Å². The molecule has 0 aliphatic rings. The third-order valence-corrected chi connectivity index (χ3v) is 3.45. The molecule has 1 aromatic carbocycles. The summed E-state index contributed by atoms with van der Waals surface area (Å²) < 4.78 is 16.6. The van der Waals surface area contributed by atoms with Crippen LogP contribution in [0, 0.1) is 0 Å². The van der Waals surface area contributed by atoms with Crippen molar-refractivity contribution in [1.82, 2.24) is 4.98 Å². The molecule has 2 rings (SSSR count). The number of ether oxygens (including phenoxy) is 3. The van der Waals surface area contributed by atoms with Crippen molar-refractivity contribution in [3.8, 4) is 17.4 Å². The summed E-state index contributed by atoms with van der Waals surface area (Å²) in [6.45, 7) is 5.60. The Hall–Kier alpha value is -1.94. The summed E-state index contributed by atoms with van der Waals surface area (Å²) in [5.74, 6) is 2.01. The topological polar surface area (TPSA) is 91.0 Å². The molecule has 7 nitrogen and oxygen atoms in total. The van der Waals surface area contributed by atoms with E-state index in [9.17, 15) is 0 Å². The van der Waals surface area contributed by atoms with E-state index in [-0.39, 0.29) is 29.9 Å². The summed E-state index contributed by atoms with van der Waals surface area (Å²) in [4.78, 5) is 8.27. The molecule has 148 valence electrons. The van der Waals surface area contributed by atoms with Crippen LogP contribution < -0.4 is 25.3 Å². The Kier molecular flexibility index (Phi) is 10.6. The van der Waals surface area contributed by atoms with E-state index < -0.39 is 0 Å². The Labute approximate surface area is 181 Å². The minimum absolute atomic E-state index is 0. The third-order valence-electron chi connectivity index (χ3n) is 3.16. The number of pyridine rings is 1. The first-order chi connectivity index (χ1) is 12.6. The highest BCUT2D eigenvalue weighted by atomic mass is 127. The van der Waals surface area contributed by atoms with Crippen LogP contribution in [0.15, 0.2) is 41.5 Å². The number of nitrogens with one attached hydrogen (secondary N) is 1. The van der Waals surface area contributed by atoms with E-state index in [0.717, 1.165) is 5.75 Å². The van der Waals surface area contributed by atoms with Crippen molar-refractivity contribution in [3.63, 3.8) is 0 Å². The van der Waals surface area contributed by atoms with Crippen LogP contribution in [0.25, 0.3) is 0 Å². The molecule has 0 fully saturated rings. The Morgan fingerprint density at radius 2 is 1.96 bits per heavy atom. The lowest BCUT2D eigenvalue weighted by atomic mass is 10.2. The number of aromatic nitrogens is 1. The summed E-state index contributed by atoms with van der Waals surface area (Å²) >= 11 is 5.97. The lowest BCUT2D eigenvalue weighted by Gasteiger charge is -2.14. The van der Waals surface area contributed by atoms with Gasteiger partial charge in [0, 0.05) is 12.3 Å². The van der Waals surface area contributed by atoms with Gasteiger partial charge in [-0.3, -0.25) is 0 Å². The highest BCUT2D eigenvalue weighted by Gasteiger charge is 2.07. The van der Waals surface area contributed by atoms with Crippen molar-refractivity contribution in [2.24, 2.45) is 10.7 Å². The Morgan fingerprint density at radius 3 is 2.67 bits per heavy atom. The number of halogens is 2. The fourth-order valence-corrected chi connectivity index (χ4v) is 2.28. The van der Waals surface area contributed by atoms with Crippen LogP contribution in [-0.2, 0) is 0 Å². The molecule has 0 amide bonds. The predicted octanol–water partition coefficient (Wildman–Crippen LogP) is 3.96. The van der Waals surface area contributed by atoms with Crippen LogP contribution in [0.3, 0.4) is 0 Å². The van der Waals surface area contributed by atoms with Gasteiger partial charge in [0.25, 0.3) is 0 Å². The number of nitrogens with zero attached hydrogens (tertiary/aromatic N) is 2. The zero-order chi connectivity index (χ0) is 18.8. The molecule has 3 N–H and O–H groups in total. The van der Waals surface area contributed by atoms with Crippen LogP contribution in [0.2, 0.25) is 5.02 Å². The zero-order valence-corrected chi connectivity index (χ0v) is 18.4. The van der Waals surface area contributed by atoms with Gasteiger partial charge >= 0.3 is 0 Å². The fourth-order valence-electron chi connectivity index (χ4n) is 2.11. The van der Waals surface area contributed by atoms with Gasteiger partial charge < -0.3 is 25.3 Å². The maximum absolute atomic E-state index is 5.97. The molecule has 0 aliphatic carbocycles. The highest BCUT2D eigenvalue weighted by Crippen LogP contribution is 2.29. The lowest BCUT2D eigenvalue weighted by molar-refractivity contribution is 0.316. The predicted molar refractivity (Wildman–Crippen MR) is 119 cm³/mol. The van der Waals surface area contributed by atoms with Gasteiger partial charge in [0.1, 0.15) is 23.1 Å². The Morgan fingerprint density at radius 1 is 1.19 bits per heavy atom. The number of hydrogen-bond acceptors (Lipinski definition) is 5. The van der Waals surface area contributed by atoms with E-state index in [2.05, 4.69) is 15.3 Å². The van der Waals surface area contributed by atoms with Crippen LogP contribution in [-0.4, -0.2) is 37.3 Å². The molecule has 0 spiro atoms. The molecular weight excluding hydrogens is 483 g/mol. The van der Waals surface area contributed by atoms with E-state index in [1.165, 1.54) is 0 Å². The molecule has 1 aromatic heterocycles. The smallest absolute Gasteiger partial charge is 0.232 e. The Balaban J connectivity index is 0.00000364. The standard InChI is InChI=1S/C18H23ClN4O3.HI/c1-3-24-13-7-8-16(25-4-2)15(12-13)23-18(20)22-10-11-26-17-14(19)6-5-9-21-17;/h5-9,12H,3-4,10-11H2,1-2H3,(H3,20,22,23);1H. The van der Waals surface area contributed by atoms with E-state index in [0.29, 0.717) is 48.7 Å². The van der Waals surface area contributed by atoms with Crippen LogP contribution in [0.5, 0.6) is 17.4 Å². The van der Waals surface area contributed by atoms with E-state index >= 15 is 0 Å². The summed E-state index contributed by atoms with van der Waals surface area (Å²) in [6.07, 6.45) is 1.61. The summed E-state index contributed by atoms with van der Waals surface area (Å²) in [7, 11) is 0. The zero-order valence-electron chi connectivity index (χ0n) is 15.3. The second kappa shape index (κ2) is 12.4. The van der Waals surface area contributed by atoms with Crippen molar-refractivity contribution in [2.75, 3.05) is 31.7 Å². The average molecular weight is 507 g/mol. The molecule has 2 aromatic rings. The van der Waals surface area contributed by atoms with Gasteiger partial charge in [0.15, 0.2) is 5.96 Å². The molecule has 0 aliphatic heterocycles.